The Balaban J connectivity index is 2.05. The van der Waals surface area contributed by atoms with E-state index < -0.39 is 0 Å². The van der Waals surface area contributed by atoms with Crippen LogP contribution in [0.25, 0.3) is 0 Å². The van der Waals surface area contributed by atoms with E-state index in [0.717, 1.165) is 11.4 Å². The van der Waals surface area contributed by atoms with Gasteiger partial charge in [0.25, 0.3) is 0 Å². The fourth-order valence-corrected chi connectivity index (χ4v) is 2.38. The molecule has 1 heterocycles. The van der Waals surface area contributed by atoms with Crippen molar-refractivity contribution in [2.75, 3.05) is 6.54 Å². The van der Waals surface area contributed by atoms with E-state index in [2.05, 4.69) is 18.8 Å². The van der Waals surface area contributed by atoms with E-state index in [-0.39, 0.29) is 5.91 Å². The number of carbonyl (C=O) groups is 1. The number of benzene rings is 1. The molecule has 1 aromatic carbocycles. The lowest BCUT2D eigenvalue weighted by atomic mass is 10.2. The summed E-state index contributed by atoms with van der Waals surface area (Å²) >= 11 is 0. The molecule has 0 saturated heterocycles. The summed E-state index contributed by atoms with van der Waals surface area (Å²) < 4.78 is 1.95. The molecule has 0 N–H and O–H groups in total. The number of hydrogen-bond acceptors (Lipinski definition) is 2. The number of nitrogens with zero attached hydrogens (tertiary/aromatic N) is 3. The minimum atomic E-state index is 0.126. The van der Waals surface area contributed by atoms with Crippen LogP contribution < -0.4 is 0 Å². The first-order valence-corrected chi connectivity index (χ1v) is 7.44. The zero-order valence-electron chi connectivity index (χ0n) is 13.0. The standard InChI is InChI=1S/C17H23N3O/c1-4-19(12-15-8-6-5-7-9-15)16(21)13-20-11-10-18-17(20)14(2)3/h5-11,14H,4,12-13H2,1-3H3. The number of hydrogen-bond donors (Lipinski definition) is 0. The highest BCUT2D eigenvalue weighted by molar-refractivity contribution is 5.76. The van der Waals surface area contributed by atoms with Gasteiger partial charge < -0.3 is 9.47 Å². The Labute approximate surface area is 126 Å². The van der Waals surface area contributed by atoms with Crippen molar-refractivity contribution in [1.29, 1.82) is 0 Å². The predicted octanol–water partition coefficient (Wildman–Crippen LogP) is 3.06. The van der Waals surface area contributed by atoms with Gasteiger partial charge in [0.05, 0.1) is 0 Å². The van der Waals surface area contributed by atoms with E-state index in [1.54, 1.807) is 6.20 Å². The first-order chi connectivity index (χ1) is 10.1. The number of amides is 1. The average molecular weight is 285 g/mol. The van der Waals surface area contributed by atoms with Crippen LogP contribution in [0.2, 0.25) is 0 Å². The Morgan fingerprint density at radius 2 is 2.00 bits per heavy atom. The summed E-state index contributed by atoms with van der Waals surface area (Å²) in [5.74, 6) is 1.40. The lowest BCUT2D eigenvalue weighted by Gasteiger charge is -2.22. The van der Waals surface area contributed by atoms with Crippen LogP contribution in [0, 0.1) is 0 Å². The molecule has 2 rings (SSSR count). The molecule has 0 radical (unpaired) electrons. The van der Waals surface area contributed by atoms with Crippen molar-refractivity contribution >= 4 is 5.91 Å². The molecule has 0 fully saturated rings. The highest BCUT2D eigenvalue weighted by Gasteiger charge is 2.15. The van der Waals surface area contributed by atoms with Gasteiger partial charge in [0, 0.05) is 31.4 Å². The van der Waals surface area contributed by atoms with E-state index in [1.165, 1.54) is 0 Å². The topological polar surface area (TPSA) is 38.1 Å². The molecule has 1 aromatic heterocycles. The quantitative estimate of drug-likeness (QED) is 0.818. The van der Waals surface area contributed by atoms with Gasteiger partial charge in [0.2, 0.25) is 5.91 Å². The smallest absolute Gasteiger partial charge is 0.242 e. The second-order valence-electron chi connectivity index (χ2n) is 5.46. The van der Waals surface area contributed by atoms with Crippen LogP contribution >= 0.6 is 0 Å². The highest BCUT2D eigenvalue weighted by Crippen LogP contribution is 2.12. The first-order valence-electron chi connectivity index (χ1n) is 7.44. The Morgan fingerprint density at radius 3 is 2.62 bits per heavy atom. The second-order valence-corrected chi connectivity index (χ2v) is 5.46. The minimum Gasteiger partial charge on any atom is -0.337 e. The van der Waals surface area contributed by atoms with Crippen molar-refractivity contribution in [2.45, 2.75) is 39.8 Å². The lowest BCUT2D eigenvalue weighted by molar-refractivity contribution is -0.132. The summed E-state index contributed by atoms with van der Waals surface area (Å²) in [5.41, 5.74) is 1.16. The zero-order valence-corrected chi connectivity index (χ0v) is 13.0. The Kier molecular flexibility index (Phi) is 5.14. The summed E-state index contributed by atoms with van der Waals surface area (Å²) in [4.78, 5) is 18.7. The fraction of sp³-hybridized carbons (Fsp3) is 0.412. The van der Waals surface area contributed by atoms with Gasteiger partial charge in [0.15, 0.2) is 0 Å². The number of aromatic nitrogens is 2. The van der Waals surface area contributed by atoms with Gasteiger partial charge in [-0.3, -0.25) is 4.79 Å². The maximum atomic E-state index is 12.5. The van der Waals surface area contributed by atoms with Crippen LogP contribution in [-0.2, 0) is 17.9 Å². The highest BCUT2D eigenvalue weighted by atomic mass is 16.2. The molecule has 0 aliphatic rings. The van der Waals surface area contributed by atoms with Crippen molar-refractivity contribution in [1.82, 2.24) is 14.5 Å². The summed E-state index contributed by atoms with van der Waals surface area (Å²) in [6, 6.07) is 10.1. The molecular weight excluding hydrogens is 262 g/mol. The molecule has 4 heteroatoms. The third kappa shape index (κ3) is 3.94. The zero-order chi connectivity index (χ0) is 15.2. The van der Waals surface area contributed by atoms with Gasteiger partial charge in [-0.25, -0.2) is 4.98 Å². The summed E-state index contributed by atoms with van der Waals surface area (Å²) in [6.07, 6.45) is 3.64. The van der Waals surface area contributed by atoms with Crippen molar-refractivity contribution in [3.8, 4) is 0 Å². The van der Waals surface area contributed by atoms with Crippen LogP contribution in [0.1, 0.15) is 38.1 Å². The van der Waals surface area contributed by atoms with E-state index >= 15 is 0 Å². The molecule has 0 atom stereocenters. The van der Waals surface area contributed by atoms with E-state index in [4.69, 9.17) is 0 Å². The van der Waals surface area contributed by atoms with Gasteiger partial charge in [-0.1, -0.05) is 44.2 Å². The van der Waals surface area contributed by atoms with Gasteiger partial charge in [-0.2, -0.15) is 0 Å². The predicted molar refractivity (Wildman–Crippen MR) is 83.8 cm³/mol. The van der Waals surface area contributed by atoms with E-state index in [9.17, 15) is 4.79 Å². The maximum absolute atomic E-state index is 12.5. The van der Waals surface area contributed by atoms with Crippen molar-refractivity contribution < 1.29 is 4.79 Å². The number of imidazole rings is 1. The largest absolute Gasteiger partial charge is 0.337 e. The number of carbonyl (C=O) groups excluding carboxylic acids is 1. The molecule has 1 amide bonds. The van der Waals surface area contributed by atoms with Gasteiger partial charge in [-0.15, -0.1) is 0 Å². The van der Waals surface area contributed by atoms with Crippen LogP contribution in [0.4, 0.5) is 0 Å². The van der Waals surface area contributed by atoms with Crippen molar-refractivity contribution in [3.05, 3.63) is 54.1 Å². The molecule has 0 saturated carbocycles. The molecule has 2 aromatic rings. The second kappa shape index (κ2) is 7.07. The molecule has 112 valence electrons. The normalized spacial score (nSPS) is 10.9. The molecule has 0 unspecified atom stereocenters. The molecule has 0 bridgehead atoms. The Morgan fingerprint density at radius 1 is 1.29 bits per heavy atom. The average Bonchev–Trinajstić information content (AvgIpc) is 2.94. The van der Waals surface area contributed by atoms with Crippen LogP contribution in [0.15, 0.2) is 42.7 Å². The maximum Gasteiger partial charge on any atom is 0.242 e. The molecule has 0 spiro atoms. The minimum absolute atomic E-state index is 0.126. The molecule has 4 nitrogen and oxygen atoms in total. The summed E-state index contributed by atoms with van der Waals surface area (Å²) in [7, 11) is 0. The Bertz CT molecular complexity index is 575. The van der Waals surface area contributed by atoms with Crippen LogP contribution in [-0.4, -0.2) is 26.9 Å². The molecule has 21 heavy (non-hydrogen) atoms. The van der Waals surface area contributed by atoms with E-state index in [0.29, 0.717) is 25.6 Å². The number of likely N-dealkylation sites (N-methyl/N-ethyl adjacent to an activating group) is 1. The molecule has 0 aliphatic carbocycles. The fourth-order valence-electron chi connectivity index (χ4n) is 2.38. The SMILES string of the molecule is CCN(Cc1ccccc1)C(=O)Cn1ccnc1C(C)C. The third-order valence-electron chi connectivity index (χ3n) is 3.52. The van der Waals surface area contributed by atoms with Crippen molar-refractivity contribution in [3.63, 3.8) is 0 Å². The lowest BCUT2D eigenvalue weighted by Crippen LogP contribution is -2.33. The molecular formula is C17H23N3O. The summed E-state index contributed by atoms with van der Waals surface area (Å²) in [5, 5.41) is 0. The van der Waals surface area contributed by atoms with Gasteiger partial charge >= 0.3 is 0 Å². The molecule has 0 aliphatic heterocycles. The van der Waals surface area contributed by atoms with Crippen LogP contribution in [0.3, 0.4) is 0 Å². The Hall–Kier alpha value is -2.10. The van der Waals surface area contributed by atoms with Crippen molar-refractivity contribution in [2.24, 2.45) is 0 Å². The van der Waals surface area contributed by atoms with Gasteiger partial charge in [-0.05, 0) is 12.5 Å². The van der Waals surface area contributed by atoms with Gasteiger partial charge in [0.1, 0.15) is 12.4 Å². The monoisotopic (exact) mass is 285 g/mol. The van der Waals surface area contributed by atoms with Crippen LogP contribution in [0.5, 0.6) is 0 Å². The third-order valence-corrected chi connectivity index (χ3v) is 3.52. The number of rotatable bonds is 6. The summed E-state index contributed by atoms with van der Waals surface area (Å²) in [6.45, 7) is 7.91. The first kappa shape index (κ1) is 15.3. The van der Waals surface area contributed by atoms with E-state index in [1.807, 2.05) is 52.9 Å².